The number of nitrogens with one attached hydrogen (secondary N) is 1. The van der Waals surface area contributed by atoms with E-state index in [4.69, 9.17) is 16.0 Å². The number of carbonyl (C=O) groups excluding carboxylic acids is 1. The van der Waals surface area contributed by atoms with Gasteiger partial charge in [0.1, 0.15) is 0 Å². The normalized spacial score (nSPS) is 10.3. The minimum atomic E-state index is -0.352. The van der Waals surface area contributed by atoms with Gasteiger partial charge in [0.2, 0.25) is 0 Å². The molecule has 17 heavy (non-hydrogen) atoms. The van der Waals surface area contributed by atoms with E-state index in [1.165, 1.54) is 6.26 Å². The van der Waals surface area contributed by atoms with E-state index in [1.54, 1.807) is 25.3 Å². The zero-order chi connectivity index (χ0) is 12.4. The van der Waals surface area contributed by atoms with Gasteiger partial charge in [-0.2, -0.15) is 0 Å². The van der Waals surface area contributed by atoms with E-state index in [1.807, 2.05) is 0 Å². The number of halogens is 2. The van der Waals surface area contributed by atoms with Crippen molar-refractivity contribution in [2.24, 2.45) is 0 Å². The fourth-order valence-corrected chi connectivity index (χ4v) is 1.78. The molecule has 2 aromatic heterocycles. The molecule has 0 aromatic carbocycles. The van der Waals surface area contributed by atoms with Crippen LogP contribution in [0.5, 0.6) is 0 Å². The number of nitrogens with zero attached hydrogens (tertiary/aromatic N) is 1. The van der Waals surface area contributed by atoms with Crippen molar-refractivity contribution in [2.45, 2.75) is 6.92 Å². The number of anilines is 1. The molecule has 0 aliphatic carbocycles. The smallest absolute Gasteiger partial charge is 0.291 e. The van der Waals surface area contributed by atoms with Gasteiger partial charge in [0, 0.05) is 16.2 Å². The Bertz CT molecular complexity index is 568. The van der Waals surface area contributed by atoms with Gasteiger partial charge < -0.3 is 9.73 Å². The molecule has 0 aliphatic heterocycles. The van der Waals surface area contributed by atoms with E-state index in [0.717, 1.165) is 10.0 Å². The lowest BCUT2D eigenvalue weighted by molar-refractivity contribution is 0.0996. The zero-order valence-corrected chi connectivity index (χ0v) is 11.2. The van der Waals surface area contributed by atoms with Crippen LogP contribution in [0.1, 0.15) is 16.1 Å². The Kier molecular flexibility index (Phi) is 3.49. The molecule has 0 saturated carbocycles. The maximum absolute atomic E-state index is 11.9. The standard InChI is InChI=1S/C11H8BrClN2O2/c1-6-2-3-17-9(6)11(16)15-8-4-7(12)5-14-10(8)13/h2-5H,1H3,(H,15,16). The summed E-state index contributed by atoms with van der Waals surface area (Å²) in [5.41, 5.74) is 1.20. The van der Waals surface area contributed by atoms with Crippen molar-refractivity contribution in [3.05, 3.63) is 45.5 Å². The molecular formula is C11H8BrClN2O2. The Balaban J connectivity index is 2.24. The lowest BCUT2D eigenvalue weighted by Crippen LogP contribution is -2.12. The van der Waals surface area contributed by atoms with Crippen LogP contribution < -0.4 is 5.32 Å². The van der Waals surface area contributed by atoms with Crippen LogP contribution in [0.25, 0.3) is 0 Å². The number of furan rings is 1. The summed E-state index contributed by atoms with van der Waals surface area (Å²) < 4.78 is 5.81. The molecule has 0 spiro atoms. The fourth-order valence-electron chi connectivity index (χ4n) is 1.29. The predicted octanol–water partition coefficient (Wildman–Crippen LogP) is 3.65. The number of pyridine rings is 1. The molecule has 1 N–H and O–H groups in total. The number of aryl methyl sites for hydroxylation is 1. The van der Waals surface area contributed by atoms with Crippen molar-refractivity contribution in [3.8, 4) is 0 Å². The summed E-state index contributed by atoms with van der Waals surface area (Å²) in [6.45, 7) is 1.79. The van der Waals surface area contributed by atoms with Crippen LogP contribution in [-0.2, 0) is 0 Å². The van der Waals surface area contributed by atoms with E-state index in [-0.39, 0.29) is 16.8 Å². The van der Waals surface area contributed by atoms with Gasteiger partial charge >= 0.3 is 0 Å². The predicted molar refractivity (Wildman–Crippen MR) is 68.3 cm³/mol. The molecule has 0 saturated heterocycles. The number of hydrogen-bond acceptors (Lipinski definition) is 3. The molecule has 0 bridgehead atoms. The Hall–Kier alpha value is -1.33. The molecule has 0 fully saturated rings. The van der Waals surface area contributed by atoms with Crippen molar-refractivity contribution in [3.63, 3.8) is 0 Å². The second-order valence-electron chi connectivity index (χ2n) is 3.38. The highest BCUT2D eigenvalue weighted by Gasteiger charge is 2.14. The molecule has 0 aliphatic rings. The minimum absolute atomic E-state index is 0.228. The molecule has 4 nitrogen and oxygen atoms in total. The largest absolute Gasteiger partial charge is 0.459 e. The highest BCUT2D eigenvalue weighted by molar-refractivity contribution is 9.10. The molecule has 2 aromatic rings. The highest BCUT2D eigenvalue weighted by atomic mass is 79.9. The second-order valence-corrected chi connectivity index (χ2v) is 4.65. The van der Waals surface area contributed by atoms with Gasteiger partial charge in [0.25, 0.3) is 5.91 Å². The molecule has 6 heteroatoms. The van der Waals surface area contributed by atoms with Gasteiger partial charge in [0.15, 0.2) is 10.9 Å². The van der Waals surface area contributed by atoms with Crippen LogP contribution in [-0.4, -0.2) is 10.9 Å². The third-order valence-corrected chi connectivity index (χ3v) is 2.86. The average Bonchev–Trinajstić information content (AvgIpc) is 2.70. The summed E-state index contributed by atoms with van der Waals surface area (Å²) >= 11 is 9.12. The van der Waals surface area contributed by atoms with Gasteiger partial charge in [-0.15, -0.1) is 0 Å². The average molecular weight is 316 g/mol. The zero-order valence-electron chi connectivity index (χ0n) is 8.83. The number of hydrogen-bond donors (Lipinski definition) is 1. The Morgan fingerprint density at radius 3 is 3.00 bits per heavy atom. The summed E-state index contributed by atoms with van der Waals surface area (Å²) in [5, 5.41) is 2.86. The van der Waals surface area contributed by atoms with Gasteiger partial charge in [-0.3, -0.25) is 4.79 Å². The topological polar surface area (TPSA) is 55.1 Å². The summed E-state index contributed by atoms with van der Waals surface area (Å²) in [5.74, 6) is -0.0876. The van der Waals surface area contributed by atoms with Crippen LogP contribution >= 0.6 is 27.5 Å². The molecular weight excluding hydrogens is 307 g/mol. The SMILES string of the molecule is Cc1ccoc1C(=O)Nc1cc(Br)cnc1Cl. The van der Waals surface area contributed by atoms with Gasteiger partial charge in [-0.1, -0.05) is 11.6 Å². The van der Waals surface area contributed by atoms with Crippen molar-refractivity contribution in [2.75, 3.05) is 5.32 Å². The second kappa shape index (κ2) is 4.89. The third-order valence-electron chi connectivity index (χ3n) is 2.12. The van der Waals surface area contributed by atoms with Crippen molar-refractivity contribution < 1.29 is 9.21 Å². The van der Waals surface area contributed by atoms with Crippen LogP contribution in [0.4, 0.5) is 5.69 Å². The first kappa shape index (κ1) is 12.1. The van der Waals surface area contributed by atoms with Crippen LogP contribution in [0.2, 0.25) is 5.15 Å². The van der Waals surface area contributed by atoms with Crippen LogP contribution in [0.3, 0.4) is 0 Å². The monoisotopic (exact) mass is 314 g/mol. The summed E-state index contributed by atoms with van der Waals surface area (Å²) in [7, 11) is 0. The van der Waals surface area contributed by atoms with Gasteiger partial charge in [0.05, 0.1) is 12.0 Å². The van der Waals surface area contributed by atoms with Crippen LogP contribution in [0, 0.1) is 6.92 Å². The maximum Gasteiger partial charge on any atom is 0.291 e. The molecule has 0 atom stereocenters. The van der Waals surface area contributed by atoms with E-state index < -0.39 is 0 Å². The van der Waals surface area contributed by atoms with E-state index >= 15 is 0 Å². The molecule has 88 valence electrons. The Morgan fingerprint density at radius 2 is 2.35 bits per heavy atom. The maximum atomic E-state index is 11.9. The molecule has 0 radical (unpaired) electrons. The lowest BCUT2D eigenvalue weighted by Gasteiger charge is -2.05. The first-order chi connectivity index (χ1) is 8.08. The number of rotatable bonds is 2. The summed E-state index contributed by atoms with van der Waals surface area (Å²) in [6.07, 6.45) is 3.02. The number of carbonyl (C=O) groups is 1. The number of amides is 1. The highest BCUT2D eigenvalue weighted by Crippen LogP contribution is 2.24. The molecule has 2 heterocycles. The third kappa shape index (κ3) is 2.68. The molecule has 2 rings (SSSR count). The first-order valence-corrected chi connectivity index (χ1v) is 5.91. The molecule has 1 amide bonds. The molecule has 0 unspecified atom stereocenters. The lowest BCUT2D eigenvalue weighted by atomic mass is 10.2. The van der Waals surface area contributed by atoms with E-state index in [9.17, 15) is 4.79 Å². The van der Waals surface area contributed by atoms with Gasteiger partial charge in [-0.25, -0.2) is 4.98 Å². The Labute approximate surface area is 111 Å². The first-order valence-electron chi connectivity index (χ1n) is 4.74. The number of aromatic nitrogens is 1. The van der Waals surface area contributed by atoms with E-state index in [2.05, 4.69) is 26.2 Å². The fraction of sp³-hybridized carbons (Fsp3) is 0.0909. The van der Waals surface area contributed by atoms with E-state index in [0.29, 0.717) is 5.69 Å². The van der Waals surface area contributed by atoms with Crippen molar-refractivity contribution in [1.82, 2.24) is 4.98 Å². The summed E-state index contributed by atoms with van der Waals surface area (Å²) in [6, 6.07) is 3.39. The minimum Gasteiger partial charge on any atom is -0.459 e. The summed E-state index contributed by atoms with van der Waals surface area (Å²) in [4.78, 5) is 15.8. The van der Waals surface area contributed by atoms with Gasteiger partial charge in [-0.05, 0) is 35.0 Å². The van der Waals surface area contributed by atoms with Crippen LogP contribution in [0.15, 0.2) is 33.5 Å². The van der Waals surface area contributed by atoms with Crippen molar-refractivity contribution in [1.29, 1.82) is 0 Å². The Morgan fingerprint density at radius 1 is 1.59 bits per heavy atom. The van der Waals surface area contributed by atoms with Crippen molar-refractivity contribution >= 4 is 39.1 Å². The quantitative estimate of drug-likeness (QED) is 0.861.